The summed E-state index contributed by atoms with van der Waals surface area (Å²) in [5.41, 5.74) is 0. The normalized spacial score (nSPS) is 12.4. The van der Waals surface area contributed by atoms with Crippen LogP contribution in [0.1, 0.15) is 361 Å². The van der Waals surface area contributed by atoms with Crippen LogP contribution in [-0.2, 0) is 28.6 Å². The van der Waals surface area contributed by atoms with Crippen LogP contribution in [-0.4, -0.2) is 37.2 Å². The lowest BCUT2D eigenvalue weighted by Gasteiger charge is -2.18. The van der Waals surface area contributed by atoms with Crippen molar-refractivity contribution < 1.29 is 28.6 Å². The van der Waals surface area contributed by atoms with Crippen molar-refractivity contribution in [2.75, 3.05) is 13.2 Å². The first-order chi connectivity index (χ1) is 38.5. The van der Waals surface area contributed by atoms with Crippen LogP contribution < -0.4 is 0 Å². The zero-order valence-corrected chi connectivity index (χ0v) is 52.2. The predicted octanol–water partition coefficient (Wildman–Crippen LogP) is 23.5. The second kappa shape index (κ2) is 66.6. The highest BCUT2D eigenvalue weighted by atomic mass is 16.6. The summed E-state index contributed by atoms with van der Waals surface area (Å²) in [6, 6.07) is 0. The molecule has 0 aromatic carbocycles. The highest BCUT2D eigenvalue weighted by Gasteiger charge is 2.19. The van der Waals surface area contributed by atoms with Gasteiger partial charge in [0.05, 0.1) is 0 Å². The lowest BCUT2D eigenvalue weighted by atomic mass is 10.0. The number of hydrogen-bond donors (Lipinski definition) is 0. The fourth-order valence-electron chi connectivity index (χ4n) is 10.0. The van der Waals surface area contributed by atoms with E-state index in [1.54, 1.807) is 0 Å². The van der Waals surface area contributed by atoms with Crippen LogP contribution in [0.15, 0.2) is 60.8 Å². The van der Waals surface area contributed by atoms with Gasteiger partial charge >= 0.3 is 17.9 Å². The molecular weight excluding hydrogens is 961 g/mol. The molecule has 0 aromatic heterocycles. The van der Waals surface area contributed by atoms with E-state index < -0.39 is 6.10 Å². The van der Waals surface area contributed by atoms with E-state index in [1.165, 1.54) is 231 Å². The number of rotatable bonds is 63. The van der Waals surface area contributed by atoms with Crippen molar-refractivity contribution in [3.05, 3.63) is 60.8 Å². The maximum absolute atomic E-state index is 12.9. The molecule has 1 unspecified atom stereocenters. The number of carbonyl (C=O) groups excluding carboxylic acids is 3. The molecule has 1 atom stereocenters. The number of ether oxygens (including phenoxy) is 3. The molecule has 6 heteroatoms. The van der Waals surface area contributed by atoms with Crippen LogP contribution in [0, 0.1) is 0 Å². The summed E-state index contributed by atoms with van der Waals surface area (Å²) in [6.45, 7) is 6.60. The molecule has 0 spiro atoms. The number of esters is 3. The van der Waals surface area contributed by atoms with E-state index in [9.17, 15) is 14.4 Å². The van der Waals surface area contributed by atoms with Gasteiger partial charge in [-0.3, -0.25) is 14.4 Å². The molecule has 0 bridgehead atoms. The van der Waals surface area contributed by atoms with Gasteiger partial charge in [-0.05, 0) is 103 Å². The second-order valence-electron chi connectivity index (χ2n) is 23.1. The molecule has 454 valence electrons. The van der Waals surface area contributed by atoms with Gasteiger partial charge in [0, 0.05) is 19.3 Å². The highest BCUT2D eigenvalue weighted by molar-refractivity contribution is 5.71. The van der Waals surface area contributed by atoms with E-state index in [0.717, 1.165) is 89.9 Å². The molecule has 0 radical (unpaired) electrons. The Labute approximate surface area is 485 Å². The number of unbranched alkanes of at least 4 members (excludes halogenated alkanes) is 42. The summed E-state index contributed by atoms with van der Waals surface area (Å²) < 4.78 is 16.9. The Bertz CT molecular complexity index is 1390. The summed E-state index contributed by atoms with van der Waals surface area (Å²) in [5.74, 6) is -0.883. The fraction of sp³-hybridized carbons (Fsp3) is 0.819. The Morgan fingerprint density at radius 3 is 0.782 bits per heavy atom. The van der Waals surface area contributed by atoms with E-state index in [2.05, 4.69) is 81.5 Å². The lowest BCUT2D eigenvalue weighted by Crippen LogP contribution is -2.30. The average molecular weight is 1090 g/mol. The monoisotopic (exact) mass is 1090 g/mol. The summed E-state index contributed by atoms with van der Waals surface area (Å²) in [4.78, 5) is 38.3. The van der Waals surface area contributed by atoms with Crippen LogP contribution in [0.25, 0.3) is 0 Å². The summed E-state index contributed by atoms with van der Waals surface area (Å²) in [6.07, 6.45) is 85.3. The molecule has 0 aliphatic carbocycles. The van der Waals surface area contributed by atoms with Gasteiger partial charge in [0.1, 0.15) is 13.2 Å². The van der Waals surface area contributed by atoms with Crippen molar-refractivity contribution in [1.29, 1.82) is 0 Å². The standard InChI is InChI=1S/C72H130O6/c1-4-7-10-13-16-19-22-25-28-30-31-32-33-34-35-36-37-38-39-40-41-43-44-47-50-53-56-59-62-65-71(74)77-68-69(67-76-70(73)64-61-58-55-52-49-46-27-24-21-18-15-12-9-6-3)78-72(75)66-63-60-57-54-51-48-45-42-29-26-23-20-17-14-11-8-5-2/h15,17-18,20,24,26-27,29-31,69H,4-14,16,19,21-23,25,28,32-68H2,1-3H3/b18-15-,20-17-,27-24-,29-26-,31-30-. The van der Waals surface area contributed by atoms with E-state index in [4.69, 9.17) is 14.2 Å². The summed E-state index contributed by atoms with van der Waals surface area (Å²) in [7, 11) is 0. The van der Waals surface area contributed by atoms with Crippen LogP contribution in [0.4, 0.5) is 0 Å². The van der Waals surface area contributed by atoms with Crippen LogP contribution in [0.3, 0.4) is 0 Å². The minimum absolute atomic E-state index is 0.0792. The van der Waals surface area contributed by atoms with Crippen molar-refractivity contribution in [1.82, 2.24) is 0 Å². The van der Waals surface area contributed by atoms with Crippen LogP contribution in [0.2, 0.25) is 0 Å². The number of carbonyl (C=O) groups is 3. The quantitative estimate of drug-likeness (QED) is 0.0261. The summed E-state index contributed by atoms with van der Waals surface area (Å²) in [5, 5.41) is 0. The third-order valence-corrected chi connectivity index (χ3v) is 15.2. The predicted molar refractivity (Wildman–Crippen MR) is 339 cm³/mol. The van der Waals surface area contributed by atoms with Gasteiger partial charge in [0.15, 0.2) is 6.10 Å². The minimum Gasteiger partial charge on any atom is -0.462 e. The van der Waals surface area contributed by atoms with Gasteiger partial charge in [-0.15, -0.1) is 0 Å². The van der Waals surface area contributed by atoms with Gasteiger partial charge in [0.2, 0.25) is 0 Å². The molecule has 0 fully saturated rings. The van der Waals surface area contributed by atoms with Gasteiger partial charge in [-0.25, -0.2) is 0 Å². The Hall–Kier alpha value is -2.89. The van der Waals surface area contributed by atoms with Gasteiger partial charge in [-0.2, -0.15) is 0 Å². The van der Waals surface area contributed by atoms with E-state index in [0.29, 0.717) is 19.3 Å². The van der Waals surface area contributed by atoms with Crippen molar-refractivity contribution in [2.24, 2.45) is 0 Å². The molecule has 0 saturated carbocycles. The van der Waals surface area contributed by atoms with E-state index >= 15 is 0 Å². The Morgan fingerprint density at radius 2 is 0.474 bits per heavy atom. The molecule has 0 aromatic rings. The third kappa shape index (κ3) is 63.9. The zero-order chi connectivity index (χ0) is 56.4. The maximum Gasteiger partial charge on any atom is 0.306 e. The van der Waals surface area contributed by atoms with E-state index in [-0.39, 0.29) is 31.1 Å². The number of allylic oxidation sites excluding steroid dienone is 10. The average Bonchev–Trinajstić information content (AvgIpc) is 3.44. The number of hydrogen-bond acceptors (Lipinski definition) is 6. The zero-order valence-electron chi connectivity index (χ0n) is 52.2. The fourth-order valence-corrected chi connectivity index (χ4v) is 10.0. The second-order valence-corrected chi connectivity index (χ2v) is 23.1. The molecular formula is C72H130O6. The van der Waals surface area contributed by atoms with Gasteiger partial charge < -0.3 is 14.2 Å². The first kappa shape index (κ1) is 75.1. The molecule has 0 saturated heterocycles. The van der Waals surface area contributed by atoms with Crippen molar-refractivity contribution in [3.63, 3.8) is 0 Å². The van der Waals surface area contributed by atoms with Crippen molar-refractivity contribution in [2.45, 2.75) is 367 Å². The molecule has 6 nitrogen and oxygen atoms in total. The van der Waals surface area contributed by atoms with Gasteiger partial charge in [0.25, 0.3) is 0 Å². The Morgan fingerprint density at radius 1 is 0.256 bits per heavy atom. The van der Waals surface area contributed by atoms with Crippen LogP contribution in [0.5, 0.6) is 0 Å². The van der Waals surface area contributed by atoms with E-state index in [1.807, 2.05) is 0 Å². The van der Waals surface area contributed by atoms with Gasteiger partial charge in [-0.1, -0.05) is 300 Å². The summed E-state index contributed by atoms with van der Waals surface area (Å²) >= 11 is 0. The molecule has 0 aliphatic heterocycles. The van der Waals surface area contributed by atoms with Crippen LogP contribution >= 0.6 is 0 Å². The molecule has 0 aliphatic rings. The molecule has 78 heavy (non-hydrogen) atoms. The minimum atomic E-state index is -0.784. The largest absolute Gasteiger partial charge is 0.462 e. The Kier molecular flexibility index (Phi) is 64.2. The van der Waals surface area contributed by atoms with Crippen molar-refractivity contribution >= 4 is 17.9 Å². The lowest BCUT2D eigenvalue weighted by molar-refractivity contribution is -0.167. The third-order valence-electron chi connectivity index (χ3n) is 15.2. The van der Waals surface area contributed by atoms with Crippen molar-refractivity contribution in [3.8, 4) is 0 Å². The first-order valence-corrected chi connectivity index (χ1v) is 34.3. The molecule has 0 rings (SSSR count). The maximum atomic E-state index is 12.9. The topological polar surface area (TPSA) is 78.9 Å². The SMILES string of the molecule is CCCC/C=C\C/C=C\CCCCCCCC(=O)OCC(COC(=O)CCCCCCCCCCCCCCCCCCC/C=C\CCCCCCCCCC)OC(=O)CCCCCCCCC/C=C\C/C=C\CCCCC. The first-order valence-electron chi connectivity index (χ1n) is 34.3. The molecule has 0 amide bonds. The molecule has 0 N–H and O–H groups in total. The highest BCUT2D eigenvalue weighted by Crippen LogP contribution is 2.17. The Balaban J connectivity index is 4.22. The molecule has 0 heterocycles. The smallest absolute Gasteiger partial charge is 0.306 e.